The van der Waals surface area contributed by atoms with Crippen molar-refractivity contribution in [1.29, 1.82) is 0 Å². The van der Waals surface area contributed by atoms with E-state index in [2.05, 4.69) is 45.9 Å². The number of nitrogens with one attached hydrogen (secondary N) is 2. The van der Waals surface area contributed by atoms with E-state index in [0.29, 0.717) is 0 Å². The van der Waals surface area contributed by atoms with Gasteiger partial charge in [-0.3, -0.25) is 5.10 Å². The molecule has 0 aliphatic carbocycles. The molecule has 1 aromatic heterocycles. The quantitative estimate of drug-likeness (QED) is 0.594. The first-order chi connectivity index (χ1) is 7.92. The van der Waals surface area contributed by atoms with Crippen molar-refractivity contribution in [2.75, 3.05) is 6.54 Å². The molecule has 0 spiro atoms. The lowest BCUT2D eigenvalue weighted by atomic mass is 10.1. The van der Waals surface area contributed by atoms with E-state index in [4.69, 9.17) is 0 Å². The lowest BCUT2D eigenvalue weighted by Gasteiger charge is -2.04. The summed E-state index contributed by atoms with van der Waals surface area (Å²) in [4.78, 5) is 0. The zero-order valence-electron chi connectivity index (χ0n) is 9.53. The molecule has 0 aliphatic rings. The number of hydrogen-bond acceptors (Lipinski definition) is 2. The number of aromatic amines is 1. The molecular formula is C13H17N3. The predicted octanol–water partition coefficient (Wildman–Crippen LogP) is 2.62. The van der Waals surface area contributed by atoms with Gasteiger partial charge in [-0.25, -0.2) is 0 Å². The Balaban J connectivity index is 1.96. The zero-order chi connectivity index (χ0) is 11.2. The van der Waals surface area contributed by atoms with Crippen LogP contribution in [0.5, 0.6) is 0 Å². The summed E-state index contributed by atoms with van der Waals surface area (Å²) in [6.45, 7) is 3.94. The number of rotatable bonds is 5. The largest absolute Gasteiger partial charge is 0.312 e. The van der Waals surface area contributed by atoms with Crippen molar-refractivity contribution < 1.29 is 0 Å². The molecule has 0 bridgehead atoms. The van der Waals surface area contributed by atoms with Gasteiger partial charge in [0.15, 0.2) is 0 Å². The van der Waals surface area contributed by atoms with Crippen LogP contribution in [0.3, 0.4) is 0 Å². The molecular weight excluding hydrogens is 198 g/mol. The number of nitrogens with zero attached hydrogens (tertiary/aromatic N) is 1. The molecule has 0 aliphatic heterocycles. The van der Waals surface area contributed by atoms with E-state index in [1.165, 1.54) is 10.9 Å². The van der Waals surface area contributed by atoms with Crippen LogP contribution in [0.1, 0.15) is 18.9 Å². The van der Waals surface area contributed by atoms with Crippen LogP contribution >= 0.6 is 0 Å². The molecule has 84 valence electrons. The first-order valence-electron chi connectivity index (χ1n) is 5.64. The van der Waals surface area contributed by atoms with E-state index in [1.807, 2.05) is 13.1 Å². The molecule has 0 atom stereocenters. The van der Waals surface area contributed by atoms with Crippen LogP contribution in [0.2, 0.25) is 0 Å². The Morgan fingerprint density at radius 3 is 3.25 bits per heavy atom. The van der Waals surface area contributed by atoms with Crippen molar-refractivity contribution in [2.24, 2.45) is 0 Å². The zero-order valence-corrected chi connectivity index (χ0v) is 9.53. The summed E-state index contributed by atoms with van der Waals surface area (Å²) in [5.74, 6) is 0. The van der Waals surface area contributed by atoms with Crippen LogP contribution in [0.15, 0.2) is 36.5 Å². The van der Waals surface area contributed by atoms with Gasteiger partial charge in [0, 0.05) is 11.9 Å². The normalized spacial score (nSPS) is 11.6. The van der Waals surface area contributed by atoms with E-state index < -0.39 is 0 Å². The van der Waals surface area contributed by atoms with Gasteiger partial charge >= 0.3 is 0 Å². The molecule has 0 radical (unpaired) electrons. The van der Waals surface area contributed by atoms with Crippen LogP contribution in [0.4, 0.5) is 0 Å². The fourth-order valence-electron chi connectivity index (χ4n) is 1.75. The second-order valence-electron chi connectivity index (χ2n) is 3.79. The lowest BCUT2D eigenvalue weighted by molar-refractivity contribution is 0.697. The smallest absolute Gasteiger partial charge is 0.0695 e. The average Bonchev–Trinajstić information content (AvgIpc) is 2.77. The molecule has 16 heavy (non-hydrogen) atoms. The molecule has 1 aromatic carbocycles. The van der Waals surface area contributed by atoms with E-state index in [1.54, 1.807) is 0 Å². The number of hydrogen-bond donors (Lipinski definition) is 2. The van der Waals surface area contributed by atoms with E-state index in [9.17, 15) is 0 Å². The summed E-state index contributed by atoms with van der Waals surface area (Å²) in [6.07, 6.45) is 7.19. The number of aromatic nitrogens is 2. The maximum Gasteiger partial charge on any atom is 0.0695 e. The third-order valence-corrected chi connectivity index (χ3v) is 2.60. The van der Waals surface area contributed by atoms with E-state index in [-0.39, 0.29) is 0 Å². The molecule has 0 unspecified atom stereocenters. The first-order valence-corrected chi connectivity index (χ1v) is 5.64. The maximum atomic E-state index is 4.06. The van der Waals surface area contributed by atoms with Crippen molar-refractivity contribution in [2.45, 2.75) is 19.9 Å². The highest BCUT2D eigenvalue weighted by atomic mass is 15.1. The number of benzene rings is 1. The van der Waals surface area contributed by atoms with Gasteiger partial charge in [-0.15, -0.1) is 0 Å². The minimum Gasteiger partial charge on any atom is -0.312 e. The highest BCUT2D eigenvalue weighted by Crippen LogP contribution is 2.14. The van der Waals surface area contributed by atoms with Gasteiger partial charge in [-0.2, -0.15) is 5.10 Å². The van der Waals surface area contributed by atoms with Gasteiger partial charge in [0.2, 0.25) is 0 Å². The summed E-state index contributed by atoms with van der Waals surface area (Å²) < 4.78 is 0. The SMILES string of the molecule is C/C=C/CCNCc1cccc2cn[nH]c12. The molecule has 0 fully saturated rings. The number of allylic oxidation sites excluding steroid dienone is 1. The topological polar surface area (TPSA) is 40.7 Å². The van der Waals surface area contributed by atoms with Gasteiger partial charge in [0.1, 0.15) is 0 Å². The van der Waals surface area contributed by atoms with E-state index >= 15 is 0 Å². The molecule has 0 saturated heterocycles. The van der Waals surface area contributed by atoms with E-state index in [0.717, 1.165) is 25.0 Å². The minimum absolute atomic E-state index is 0.886. The molecule has 2 rings (SSSR count). The highest BCUT2D eigenvalue weighted by molar-refractivity contribution is 5.81. The Morgan fingerprint density at radius 1 is 1.44 bits per heavy atom. The summed E-state index contributed by atoms with van der Waals surface area (Å²) >= 11 is 0. The van der Waals surface area contributed by atoms with Gasteiger partial charge in [-0.1, -0.05) is 30.4 Å². The molecule has 2 N–H and O–H groups in total. The molecule has 3 heteroatoms. The second kappa shape index (κ2) is 5.47. The molecule has 0 saturated carbocycles. The Bertz CT molecular complexity index is 471. The Kier molecular flexibility index (Phi) is 3.72. The summed E-state index contributed by atoms with van der Waals surface area (Å²) in [7, 11) is 0. The van der Waals surface area contributed by atoms with Crippen molar-refractivity contribution in [3.05, 3.63) is 42.1 Å². The van der Waals surface area contributed by atoms with Crippen LogP contribution in [0, 0.1) is 0 Å². The summed E-state index contributed by atoms with van der Waals surface area (Å²) in [6, 6.07) is 6.27. The van der Waals surface area contributed by atoms with Gasteiger partial charge in [0.25, 0.3) is 0 Å². The second-order valence-corrected chi connectivity index (χ2v) is 3.79. The Hall–Kier alpha value is -1.61. The van der Waals surface area contributed by atoms with Crippen LogP contribution < -0.4 is 5.32 Å². The fraction of sp³-hybridized carbons (Fsp3) is 0.308. The monoisotopic (exact) mass is 215 g/mol. The van der Waals surface area contributed by atoms with Crippen molar-refractivity contribution >= 4 is 10.9 Å². The average molecular weight is 215 g/mol. The predicted molar refractivity (Wildman–Crippen MR) is 67.2 cm³/mol. The van der Waals surface area contributed by atoms with Crippen LogP contribution in [0.25, 0.3) is 10.9 Å². The Morgan fingerprint density at radius 2 is 2.38 bits per heavy atom. The third kappa shape index (κ3) is 2.49. The lowest BCUT2D eigenvalue weighted by Crippen LogP contribution is -2.14. The van der Waals surface area contributed by atoms with Gasteiger partial charge < -0.3 is 5.32 Å². The summed E-state index contributed by atoms with van der Waals surface area (Å²) in [5.41, 5.74) is 2.41. The minimum atomic E-state index is 0.886. The Labute approximate surface area is 95.6 Å². The van der Waals surface area contributed by atoms with Crippen molar-refractivity contribution in [3.63, 3.8) is 0 Å². The summed E-state index contributed by atoms with van der Waals surface area (Å²) in [5, 5.41) is 11.7. The van der Waals surface area contributed by atoms with Crippen molar-refractivity contribution in [3.8, 4) is 0 Å². The van der Waals surface area contributed by atoms with Crippen LogP contribution in [-0.4, -0.2) is 16.7 Å². The number of H-pyrrole nitrogens is 1. The molecule has 2 aromatic rings. The molecule has 1 heterocycles. The standard InChI is InChI=1S/C13H17N3/c1-2-3-4-8-14-9-11-6-5-7-12-10-15-16-13(11)12/h2-3,5-7,10,14H,4,8-9H2,1H3,(H,15,16)/b3-2+. The maximum absolute atomic E-state index is 4.06. The number of para-hydroxylation sites is 1. The highest BCUT2D eigenvalue weighted by Gasteiger charge is 2.00. The van der Waals surface area contributed by atoms with Crippen molar-refractivity contribution in [1.82, 2.24) is 15.5 Å². The van der Waals surface area contributed by atoms with Crippen LogP contribution in [-0.2, 0) is 6.54 Å². The number of fused-ring (bicyclic) bond motifs is 1. The van der Waals surface area contributed by atoms with Gasteiger partial charge in [0.05, 0.1) is 11.7 Å². The third-order valence-electron chi connectivity index (χ3n) is 2.60. The first kappa shape index (κ1) is 10.9. The fourth-order valence-corrected chi connectivity index (χ4v) is 1.75. The molecule has 3 nitrogen and oxygen atoms in total. The molecule has 0 amide bonds. The van der Waals surface area contributed by atoms with Gasteiger partial charge in [-0.05, 0) is 25.5 Å².